The molecular weight excluding hydrogens is 264 g/mol. The number of aldehydes is 1. The maximum atomic E-state index is 11.9. The average Bonchev–Trinajstić information content (AvgIpc) is 2.85. The largest absolute Gasteiger partial charge is 0.457 e. The van der Waals surface area contributed by atoms with Crippen LogP contribution in [-0.4, -0.2) is 12.1 Å². The van der Waals surface area contributed by atoms with Gasteiger partial charge in [0.25, 0.3) is 0 Å². The summed E-state index contributed by atoms with van der Waals surface area (Å²) in [6.07, 6.45) is 9.75. The molecule has 1 atom stereocenters. The number of carbonyl (C=O) groups excluding carboxylic acids is 2. The van der Waals surface area contributed by atoms with E-state index in [4.69, 9.17) is 4.42 Å². The van der Waals surface area contributed by atoms with Crippen LogP contribution in [0.15, 0.2) is 34.8 Å². The van der Waals surface area contributed by atoms with Crippen molar-refractivity contribution in [1.82, 2.24) is 0 Å². The van der Waals surface area contributed by atoms with Crippen molar-refractivity contribution in [3.8, 4) is 11.8 Å². The van der Waals surface area contributed by atoms with Crippen molar-refractivity contribution in [3.05, 3.63) is 47.5 Å². The molecule has 21 heavy (non-hydrogen) atoms. The van der Waals surface area contributed by atoms with Gasteiger partial charge in [0.2, 0.25) is 5.78 Å². The van der Waals surface area contributed by atoms with Crippen molar-refractivity contribution in [2.75, 3.05) is 0 Å². The van der Waals surface area contributed by atoms with Gasteiger partial charge in [-0.25, -0.2) is 0 Å². The number of carbonyl (C=O) groups is 2. The Labute approximate surface area is 125 Å². The molecule has 0 N–H and O–H groups in total. The molecule has 1 rings (SSSR count). The highest BCUT2D eigenvalue weighted by Crippen LogP contribution is 2.14. The second-order valence-corrected chi connectivity index (χ2v) is 4.67. The van der Waals surface area contributed by atoms with Crippen molar-refractivity contribution < 1.29 is 14.0 Å². The predicted octanol–water partition coefficient (Wildman–Crippen LogP) is 4.14. The highest BCUT2D eigenvalue weighted by Gasteiger charge is 2.12. The number of hydrogen-bond donors (Lipinski definition) is 0. The zero-order valence-electron chi connectivity index (χ0n) is 12.7. The average molecular weight is 284 g/mol. The Bertz CT molecular complexity index is 606. The molecule has 0 saturated carbocycles. The Morgan fingerprint density at radius 2 is 2.19 bits per heavy atom. The van der Waals surface area contributed by atoms with E-state index >= 15 is 0 Å². The molecule has 3 nitrogen and oxygen atoms in total. The van der Waals surface area contributed by atoms with Gasteiger partial charge < -0.3 is 4.42 Å². The Kier molecular flexibility index (Phi) is 6.97. The van der Waals surface area contributed by atoms with Crippen LogP contribution in [0.1, 0.15) is 53.4 Å². The third-order valence-electron chi connectivity index (χ3n) is 2.82. The fourth-order valence-corrected chi connectivity index (χ4v) is 1.62. The second-order valence-electron chi connectivity index (χ2n) is 4.67. The minimum absolute atomic E-state index is 0.0863. The zero-order valence-corrected chi connectivity index (χ0v) is 12.7. The SMILES string of the molecule is CC/C=C\C=C/C(C)C#CCC(=O)c1cc(C=O)c(C)o1. The molecule has 0 aliphatic carbocycles. The van der Waals surface area contributed by atoms with Crippen LogP contribution in [0.3, 0.4) is 0 Å². The van der Waals surface area contributed by atoms with Crippen LogP contribution < -0.4 is 0 Å². The lowest BCUT2D eigenvalue weighted by Gasteiger charge is -1.92. The normalized spacial score (nSPS) is 12.3. The molecule has 0 spiro atoms. The number of ketones is 1. The van der Waals surface area contributed by atoms with Crippen molar-refractivity contribution in [1.29, 1.82) is 0 Å². The van der Waals surface area contributed by atoms with Crippen LogP contribution in [0.25, 0.3) is 0 Å². The molecule has 1 aromatic heterocycles. The highest BCUT2D eigenvalue weighted by atomic mass is 16.3. The van der Waals surface area contributed by atoms with E-state index in [-0.39, 0.29) is 23.9 Å². The van der Waals surface area contributed by atoms with Crippen molar-refractivity contribution in [3.63, 3.8) is 0 Å². The Balaban J connectivity index is 2.56. The molecule has 0 saturated heterocycles. The topological polar surface area (TPSA) is 47.3 Å². The first-order chi connectivity index (χ1) is 10.1. The van der Waals surface area contributed by atoms with Gasteiger partial charge in [-0.2, -0.15) is 0 Å². The zero-order chi connectivity index (χ0) is 15.7. The molecule has 0 aliphatic rings. The van der Waals surface area contributed by atoms with E-state index in [1.54, 1.807) is 6.92 Å². The molecule has 1 heterocycles. The Hall–Kier alpha value is -2.34. The van der Waals surface area contributed by atoms with Crippen molar-refractivity contribution in [2.24, 2.45) is 5.92 Å². The summed E-state index contributed by atoms with van der Waals surface area (Å²) in [5.74, 6) is 6.37. The van der Waals surface area contributed by atoms with Crippen LogP contribution in [0.5, 0.6) is 0 Å². The monoisotopic (exact) mass is 284 g/mol. The lowest BCUT2D eigenvalue weighted by Crippen LogP contribution is -1.95. The van der Waals surface area contributed by atoms with Gasteiger partial charge in [-0.05, 0) is 26.3 Å². The molecular formula is C18H20O3. The minimum Gasteiger partial charge on any atom is -0.457 e. The molecule has 110 valence electrons. The minimum atomic E-state index is -0.208. The molecule has 0 radical (unpaired) electrons. The summed E-state index contributed by atoms with van der Waals surface area (Å²) in [5, 5.41) is 0. The van der Waals surface area contributed by atoms with Gasteiger partial charge in [0.1, 0.15) is 5.76 Å². The number of furan rings is 1. The van der Waals surface area contributed by atoms with Crippen molar-refractivity contribution in [2.45, 2.75) is 33.6 Å². The third kappa shape index (κ3) is 5.66. The standard InChI is InChI=1S/C18H20O3/c1-4-5-6-7-9-14(2)10-8-11-17(20)18-12-16(13-19)15(3)21-18/h5-7,9,12-14H,4,11H2,1-3H3/b6-5-,9-7-. The summed E-state index contributed by atoms with van der Waals surface area (Å²) in [4.78, 5) is 22.6. The fraction of sp³-hybridized carbons (Fsp3) is 0.333. The van der Waals surface area contributed by atoms with Crippen LogP contribution >= 0.6 is 0 Å². The summed E-state index contributed by atoms with van der Waals surface area (Å²) in [6, 6.07) is 1.46. The maximum absolute atomic E-state index is 11.9. The van der Waals surface area contributed by atoms with Gasteiger partial charge in [0.05, 0.1) is 12.0 Å². The molecule has 1 aromatic rings. The first kappa shape index (κ1) is 16.7. The predicted molar refractivity (Wildman–Crippen MR) is 83.3 cm³/mol. The van der Waals surface area contributed by atoms with Crippen LogP contribution in [0, 0.1) is 24.7 Å². The quantitative estimate of drug-likeness (QED) is 0.341. The van der Waals surface area contributed by atoms with Crippen molar-refractivity contribution >= 4 is 12.1 Å². The van der Waals surface area contributed by atoms with E-state index in [9.17, 15) is 9.59 Å². The number of allylic oxidation sites excluding steroid dienone is 4. The van der Waals surface area contributed by atoms with E-state index in [1.807, 2.05) is 25.2 Å². The molecule has 0 bridgehead atoms. The highest BCUT2D eigenvalue weighted by molar-refractivity contribution is 5.96. The first-order valence-corrected chi connectivity index (χ1v) is 6.99. The molecule has 1 unspecified atom stereocenters. The van der Waals surface area contributed by atoms with Gasteiger partial charge in [-0.1, -0.05) is 43.1 Å². The summed E-state index contributed by atoms with van der Waals surface area (Å²) in [7, 11) is 0. The lowest BCUT2D eigenvalue weighted by molar-refractivity contribution is 0.0970. The first-order valence-electron chi connectivity index (χ1n) is 6.99. The summed E-state index contributed by atoms with van der Waals surface area (Å²) in [6.45, 7) is 5.70. The molecule has 0 fully saturated rings. The molecule has 0 aliphatic heterocycles. The Morgan fingerprint density at radius 3 is 2.81 bits per heavy atom. The van der Waals surface area contributed by atoms with E-state index < -0.39 is 0 Å². The van der Waals surface area contributed by atoms with E-state index in [2.05, 4.69) is 24.8 Å². The summed E-state index contributed by atoms with van der Waals surface area (Å²) >= 11 is 0. The van der Waals surface area contributed by atoms with Crippen LogP contribution in [0.2, 0.25) is 0 Å². The van der Waals surface area contributed by atoms with Gasteiger partial charge in [-0.15, -0.1) is 0 Å². The second kappa shape index (κ2) is 8.76. The van der Waals surface area contributed by atoms with E-state index in [1.165, 1.54) is 6.07 Å². The third-order valence-corrected chi connectivity index (χ3v) is 2.82. The van der Waals surface area contributed by atoms with Gasteiger partial charge >= 0.3 is 0 Å². The van der Waals surface area contributed by atoms with Crippen LogP contribution in [0.4, 0.5) is 0 Å². The summed E-state index contributed by atoms with van der Waals surface area (Å²) in [5.41, 5.74) is 0.408. The lowest BCUT2D eigenvalue weighted by atomic mass is 10.1. The van der Waals surface area contributed by atoms with Gasteiger partial charge in [0, 0.05) is 5.92 Å². The van der Waals surface area contributed by atoms with Gasteiger partial charge in [-0.3, -0.25) is 9.59 Å². The fourth-order valence-electron chi connectivity index (χ4n) is 1.62. The number of hydrogen-bond acceptors (Lipinski definition) is 3. The molecule has 0 aromatic carbocycles. The number of aryl methyl sites for hydroxylation is 1. The molecule has 3 heteroatoms. The van der Waals surface area contributed by atoms with E-state index in [0.29, 0.717) is 17.6 Å². The van der Waals surface area contributed by atoms with E-state index in [0.717, 1.165) is 6.42 Å². The number of rotatable bonds is 6. The summed E-state index contributed by atoms with van der Waals surface area (Å²) < 4.78 is 5.24. The smallest absolute Gasteiger partial charge is 0.209 e. The van der Waals surface area contributed by atoms with Gasteiger partial charge in [0.15, 0.2) is 12.0 Å². The Morgan fingerprint density at radius 1 is 1.43 bits per heavy atom. The maximum Gasteiger partial charge on any atom is 0.209 e. The van der Waals surface area contributed by atoms with Crippen LogP contribution in [-0.2, 0) is 0 Å². The molecule has 0 amide bonds. The number of Topliss-reactive ketones (excluding diaryl/α,β-unsaturated/α-hetero) is 1.